The highest BCUT2D eigenvalue weighted by atomic mass is 127. The molecule has 1 fully saturated rings. The van der Waals surface area contributed by atoms with Crippen LogP contribution in [0.4, 0.5) is 0 Å². The molecule has 1 aliphatic rings. The fourth-order valence-electron chi connectivity index (χ4n) is 2.91. The Kier molecular flexibility index (Phi) is 7.80. The molecule has 130 valence electrons. The largest absolute Gasteiger partial charge is 0.381 e. The van der Waals surface area contributed by atoms with Crippen LogP contribution in [0.5, 0.6) is 0 Å². The first-order valence-corrected chi connectivity index (χ1v) is 8.07. The van der Waals surface area contributed by atoms with Gasteiger partial charge in [0.15, 0.2) is 5.96 Å². The normalized spacial score (nSPS) is 18.0. The lowest BCUT2D eigenvalue weighted by atomic mass is 9.74. The van der Waals surface area contributed by atoms with Gasteiger partial charge in [0, 0.05) is 37.8 Å². The molecule has 0 aromatic heterocycles. The number of aliphatic imine (C=N–C) groups is 1. The fourth-order valence-corrected chi connectivity index (χ4v) is 2.91. The Morgan fingerprint density at radius 2 is 1.78 bits per heavy atom. The van der Waals surface area contributed by atoms with Gasteiger partial charge in [-0.25, -0.2) is 0 Å². The molecule has 0 spiro atoms. The van der Waals surface area contributed by atoms with E-state index < -0.39 is 0 Å². The van der Waals surface area contributed by atoms with Crippen molar-refractivity contribution in [1.29, 1.82) is 0 Å². The number of guanidine groups is 1. The van der Waals surface area contributed by atoms with E-state index in [2.05, 4.69) is 66.7 Å². The average molecular weight is 431 g/mol. The van der Waals surface area contributed by atoms with E-state index >= 15 is 0 Å². The van der Waals surface area contributed by atoms with Crippen molar-refractivity contribution in [3.8, 4) is 0 Å². The van der Waals surface area contributed by atoms with Crippen molar-refractivity contribution >= 4 is 29.9 Å². The van der Waals surface area contributed by atoms with Crippen LogP contribution >= 0.6 is 24.0 Å². The van der Waals surface area contributed by atoms with Gasteiger partial charge in [0.05, 0.1) is 0 Å². The van der Waals surface area contributed by atoms with Crippen molar-refractivity contribution in [3.63, 3.8) is 0 Å². The minimum Gasteiger partial charge on any atom is -0.381 e. The van der Waals surface area contributed by atoms with Gasteiger partial charge in [-0.1, -0.05) is 30.3 Å². The molecule has 1 aliphatic heterocycles. The van der Waals surface area contributed by atoms with E-state index in [9.17, 15) is 0 Å². The van der Waals surface area contributed by atoms with Crippen molar-refractivity contribution in [1.82, 2.24) is 10.6 Å². The van der Waals surface area contributed by atoms with Gasteiger partial charge < -0.3 is 15.4 Å². The Morgan fingerprint density at radius 3 is 2.30 bits per heavy atom. The molecule has 0 radical (unpaired) electrons. The summed E-state index contributed by atoms with van der Waals surface area (Å²) in [7, 11) is 1.82. The molecular weight excluding hydrogens is 401 g/mol. The summed E-state index contributed by atoms with van der Waals surface area (Å²) < 4.78 is 5.59. The van der Waals surface area contributed by atoms with Gasteiger partial charge in [-0.2, -0.15) is 0 Å². The molecule has 0 bridgehead atoms. The second kappa shape index (κ2) is 8.87. The lowest BCUT2D eigenvalue weighted by Gasteiger charge is -2.38. The van der Waals surface area contributed by atoms with Crippen molar-refractivity contribution in [2.45, 2.75) is 44.6 Å². The summed E-state index contributed by atoms with van der Waals surface area (Å²) in [5, 5.41) is 6.94. The van der Waals surface area contributed by atoms with Crippen LogP contribution in [0, 0.1) is 0 Å². The SMILES string of the molecule is CN=C(NCC1(c2ccccc2)CCOCC1)NC(C)(C)C.I. The predicted octanol–water partition coefficient (Wildman–Crippen LogP) is 3.32. The molecule has 0 atom stereocenters. The lowest BCUT2D eigenvalue weighted by molar-refractivity contribution is 0.0513. The van der Waals surface area contributed by atoms with Crippen LogP contribution in [-0.4, -0.2) is 38.3 Å². The average Bonchev–Trinajstić information content (AvgIpc) is 2.52. The molecule has 0 unspecified atom stereocenters. The first kappa shape index (κ1) is 20.2. The third-order valence-electron chi connectivity index (χ3n) is 4.15. The van der Waals surface area contributed by atoms with Crippen LogP contribution in [0.1, 0.15) is 39.2 Å². The summed E-state index contributed by atoms with van der Waals surface area (Å²) in [6, 6.07) is 10.8. The summed E-state index contributed by atoms with van der Waals surface area (Å²) in [4.78, 5) is 4.35. The number of nitrogens with one attached hydrogen (secondary N) is 2. The minimum atomic E-state index is -0.00255. The quantitative estimate of drug-likeness (QED) is 0.439. The van der Waals surface area contributed by atoms with Crippen molar-refractivity contribution in [2.75, 3.05) is 26.8 Å². The number of halogens is 1. The third kappa shape index (κ3) is 5.95. The number of hydrogen-bond acceptors (Lipinski definition) is 2. The maximum Gasteiger partial charge on any atom is 0.191 e. The minimum absolute atomic E-state index is 0. The molecule has 0 saturated carbocycles. The summed E-state index contributed by atoms with van der Waals surface area (Å²) in [5.74, 6) is 0.856. The molecule has 5 heteroatoms. The predicted molar refractivity (Wildman–Crippen MR) is 108 cm³/mol. The Labute approximate surface area is 157 Å². The first-order valence-electron chi connectivity index (χ1n) is 8.07. The van der Waals surface area contributed by atoms with E-state index in [4.69, 9.17) is 4.74 Å². The Balaban J connectivity index is 0.00000264. The van der Waals surface area contributed by atoms with Gasteiger partial charge in [-0.3, -0.25) is 4.99 Å². The van der Waals surface area contributed by atoms with Crippen LogP contribution in [0.2, 0.25) is 0 Å². The van der Waals surface area contributed by atoms with E-state index in [0.29, 0.717) is 0 Å². The molecule has 4 nitrogen and oxygen atoms in total. The van der Waals surface area contributed by atoms with Gasteiger partial charge in [-0.15, -0.1) is 24.0 Å². The molecule has 1 saturated heterocycles. The molecule has 23 heavy (non-hydrogen) atoms. The zero-order valence-electron chi connectivity index (χ0n) is 14.7. The molecule has 1 aromatic rings. The fraction of sp³-hybridized carbons (Fsp3) is 0.611. The molecule has 1 aromatic carbocycles. The zero-order chi connectivity index (χ0) is 16.1. The summed E-state index contributed by atoms with van der Waals surface area (Å²) >= 11 is 0. The van der Waals surface area contributed by atoms with E-state index in [0.717, 1.165) is 38.6 Å². The van der Waals surface area contributed by atoms with Crippen molar-refractivity contribution in [3.05, 3.63) is 35.9 Å². The highest BCUT2D eigenvalue weighted by Crippen LogP contribution is 2.34. The first-order chi connectivity index (χ1) is 10.5. The third-order valence-corrected chi connectivity index (χ3v) is 4.15. The lowest BCUT2D eigenvalue weighted by Crippen LogP contribution is -2.52. The zero-order valence-corrected chi connectivity index (χ0v) is 17.0. The second-order valence-corrected chi connectivity index (χ2v) is 7.06. The van der Waals surface area contributed by atoms with E-state index in [-0.39, 0.29) is 34.9 Å². The summed E-state index contributed by atoms with van der Waals surface area (Å²) in [6.07, 6.45) is 2.08. The number of rotatable bonds is 3. The molecular formula is C18H30IN3O. The number of hydrogen-bond donors (Lipinski definition) is 2. The van der Waals surface area contributed by atoms with Gasteiger partial charge in [0.1, 0.15) is 0 Å². The topological polar surface area (TPSA) is 45.7 Å². The number of benzene rings is 1. The number of nitrogens with zero attached hydrogens (tertiary/aromatic N) is 1. The van der Waals surface area contributed by atoms with Gasteiger partial charge in [-0.05, 0) is 39.2 Å². The highest BCUT2D eigenvalue weighted by Gasteiger charge is 2.34. The standard InChI is InChI=1S/C18H29N3O.HI/c1-17(2,3)21-16(19-4)20-14-18(10-12-22-13-11-18)15-8-6-5-7-9-15;/h5-9H,10-14H2,1-4H3,(H2,19,20,21);1H. The van der Waals surface area contributed by atoms with E-state index in [1.54, 1.807) is 0 Å². The number of ether oxygens (including phenoxy) is 1. The van der Waals surface area contributed by atoms with Crippen LogP contribution < -0.4 is 10.6 Å². The summed E-state index contributed by atoms with van der Waals surface area (Å²) in [5.41, 5.74) is 1.50. The molecule has 2 N–H and O–H groups in total. The molecule has 0 amide bonds. The van der Waals surface area contributed by atoms with Gasteiger partial charge >= 0.3 is 0 Å². The Hall–Kier alpha value is -0.820. The van der Waals surface area contributed by atoms with Crippen LogP contribution in [-0.2, 0) is 10.2 Å². The van der Waals surface area contributed by atoms with Crippen LogP contribution in [0.25, 0.3) is 0 Å². The molecule has 2 rings (SSSR count). The van der Waals surface area contributed by atoms with Crippen molar-refractivity contribution in [2.24, 2.45) is 4.99 Å². The maximum atomic E-state index is 5.59. The Bertz CT molecular complexity index is 491. The molecule has 0 aliphatic carbocycles. The van der Waals surface area contributed by atoms with E-state index in [1.165, 1.54) is 5.56 Å². The van der Waals surface area contributed by atoms with Gasteiger partial charge in [0.2, 0.25) is 0 Å². The van der Waals surface area contributed by atoms with Crippen LogP contribution in [0.3, 0.4) is 0 Å². The monoisotopic (exact) mass is 431 g/mol. The summed E-state index contributed by atoms with van der Waals surface area (Å²) in [6.45, 7) is 8.93. The van der Waals surface area contributed by atoms with Gasteiger partial charge in [0.25, 0.3) is 0 Å². The Morgan fingerprint density at radius 1 is 1.17 bits per heavy atom. The van der Waals surface area contributed by atoms with E-state index in [1.807, 2.05) is 7.05 Å². The van der Waals surface area contributed by atoms with Crippen LogP contribution in [0.15, 0.2) is 35.3 Å². The second-order valence-electron chi connectivity index (χ2n) is 7.06. The molecule has 1 heterocycles. The van der Waals surface area contributed by atoms with Crippen molar-refractivity contribution < 1.29 is 4.74 Å². The smallest absolute Gasteiger partial charge is 0.191 e. The highest BCUT2D eigenvalue weighted by molar-refractivity contribution is 14.0. The maximum absolute atomic E-state index is 5.59.